The molecule has 2 heterocycles. The molecular weight excluding hydrogens is 961 g/mol. The minimum atomic E-state index is -1.06. The molecule has 8 amide bonds. The number of carbonyl (C=O) groups excluding carboxylic acids is 8. The molecule has 1 aliphatic heterocycles. The first-order valence-corrected chi connectivity index (χ1v) is 26.1. The second-order valence-electron chi connectivity index (χ2n) is 20.0. The number of rotatable bonds is 28. The number of aromatic nitrogens is 1. The Morgan fingerprint density at radius 3 is 2.12 bits per heavy atom. The number of hydrogen-bond acceptors (Lipinski definition) is 13. The lowest BCUT2D eigenvalue weighted by Gasteiger charge is -2.38. The second-order valence-corrected chi connectivity index (χ2v) is 20.9. The normalized spacial score (nSPS) is 17.1. The van der Waals surface area contributed by atoms with Gasteiger partial charge in [-0.25, -0.2) is 9.78 Å². The zero-order valence-electron chi connectivity index (χ0n) is 44.4. The average molecular weight is 1040 g/mol. The fraction of sp³-hybridized carbons (Fsp3) is 0.647. The van der Waals surface area contributed by atoms with Gasteiger partial charge in [-0.15, -0.1) is 11.3 Å². The van der Waals surface area contributed by atoms with Crippen molar-refractivity contribution in [2.24, 2.45) is 29.4 Å². The van der Waals surface area contributed by atoms with Crippen LogP contribution in [-0.2, 0) is 44.7 Å². The van der Waals surface area contributed by atoms with E-state index in [4.69, 9.17) is 10.5 Å². The second kappa shape index (κ2) is 29.5. The number of ether oxygens (including phenoxy) is 1. The van der Waals surface area contributed by atoms with Gasteiger partial charge in [0.2, 0.25) is 29.5 Å². The Morgan fingerprint density at radius 2 is 1.56 bits per heavy atom. The van der Waals surface area contributed by atoms with Gasteiger partial charge in [0.05, 0.1) is 12.0 Å². The average Bonchev–Trinajstić information content (AvgIpc) is 3.82. The number of nitrogens with one attached hydrogen (secondary N) is 6. The Balaban J connectivity index is 1.81. The summed E-state index contributed by atoms with van der Waals surface area (Å²) in [4.78, 5) is 124. The molecule has 21 nitrogen and oxygen atoms in total. The van der Waals surface area contributed by atoms with Crippen molar-refractivity contribution >= 4 is 70.4 Å². The van der Waals surface area contributed by atoms with Crippen molar-refractivity contribution in [1.29, 1.82) is 0 Å². The molecule has 22 heteroatoms. The molecule has 9 atom stereocenters. The first-order valence-electron chi connectivity index (χ1n) is 25.3. The van der Waals surface area contributed by atoms with E-state index in [0.29, 0.717) is 35.5 Å². The van der Waals surface area contributed by atoms with Gasteiger partial charge in [-0.3, -0.25) is 43.3 Å². The number of carboxylic acids is 1. The van der Waals surface area contributed by atoms with Crippen LogP contribution in [0, 0.1) is 23.7 Å². The van der Waals surface area contributed by atoms with Gasteiger partial charge in [0, 0.05) is 57.0 Å². The number of benzene rings is 1. The quantitative estimate of drug-likeness (QED) is 0.0440. The van der Waals surface area contributed by atoms with E-state index in [0.717, 1.165) is 30.7 Å². The van der Waals surface area contributed by atoms with Crippen LogP contribution in [0.15, 0.2) is 29.6 Å². The topological polar surface area (TPSA) is 301 Å². The largest absolute Gasteiger partial charge is 0.481 e. The highest BCUT2D eigenvalue weighted by Crippen LogP contribution is 2.31. The summed E-state index contributed by atoms with van der Waals surface area (Å²) >= 11 is 1.11. The smallest absolute Gasteiger partial charge is 0.312 e. The summed E-state index contributed by atoms with van der Waals surface area (Å²) in [5.41, 5.74) is 6.27. The zero-order valence-corrected chi connectivity index (χ0v) is 45.2. The summed E-state index contributed by atoms with van der Waals surface area (Å²) < 4.78 is 5.81. The summed E-state index contributed by atoms with van der Waals surface area (Å²) in [5.74, 6) is -5.61. The van der Waals surface area contributed by atoms with Crippen molar-refractivity contribution < 1.29 is 53.0 Å². The molecule has 1 aromatic heterocycles. The Morgan fingerprint density at radius 1 is 0.890 bits per heavy atom. The van der Waals surface area contributed by atoms with Crippen molar-refractivity contribution in [2.45, 2.75) is 162 Å². The van der Waals surface area contributed by atoms with Crippen molar-refractivity contribution in [1.82, 2.24) is 41.4 Å². The number of urea groups is 1. The fourth-order valence-electron chi connectivity index (χ4n) is 8.78. The number of carbonyl (C=O) groups is 9. The van der Waals surface area contributed by atoms with E-state index in [1.54, 1.807) is 50.1 Å². The number of hydrogen-bond donors (Lipinski definition) is 8. The number of nitrogens with zero attached hydrogens (tertiary/aromatic N) is 3. The van der Waals surface area contributed by atoms with Crippen LogP contribution >= 0.6 is 11.3 Å². The number of esters is 1. The zero-order chi connectivity index (χ0) is 54.7. The van der Waals surface area contributed by atoms with Crippen LogP contribution in [0.3, 0.4) is 0 Å². The third-order valence-corrected chi connectivity index (χ3v) is 14.2. The van der Waals surface area contributed by atoms with Gasteiger partial charge in [-0.1, -0.05) is 73.4 Å². The molecule has 9 N–H and O–H groups in total. The molecule has 0 aliphatic carbocycles. The van der Waals surface area contributed by atoms with Gasteiger partial charge in [-0.2, -0.15) is 0 Å². The van der Waals surface area contributed by atoms with Crippen molar-refractivity contribution in [3.05, 3.63) is 45.9 Å². The molecular formula is C51H80N10O11S. The van der Waals surface area contributed by atoms with Gasteiger partial charge in [0.15, 0.2) is 6.10 Å². The number of nitrogens with two attached hydrogens (primary N) is 1. The molecule has 1 aliphatic rings. The Kier molecular flexibility index (Phi) is 24.7. The molecule has 3 rings (SSSR count). The summed E-state index contributed by atoms with van der Waals surface area (Å²) in [7, 11) is 3.60. The minimum Gasteiger partial charge on any atom is -0.481 e. The number of thiazole rings is 1. The maximum atomic E-state index is 14.3. The first-order chi connectivity index (χ1) is 34.3. The fourth-order valence-corrected chi connectivity index (χ4v) is 9.62. The van der Waals surface area contributed by atoms with E-state index < -0.39 is 83.8 Å². The Bertz CT molecular complexity index is 2210. The lowest BCUT2D eigenvalue weighted by Crippen LogP contribution is -2.58. The molecule has 0 saturated carbocycles. The van der Waals surface area contributed by atoms with E-state index >= 15 is 0 Å². The molecule has 0 spiro atoms. The molecule has 406 valence electrons. The van der Waals surface area contributed by atoms with E-state index in [2.05, 4.69) is 36.9 Å². The number of primary amides is 1. The summed E-state index contributed by atoms with van der Waals surface area (Å²) in [5, 5.41) is 28.3. The maximum Gasteiger partial charge on any atom is 0.312 e. The number of aliphatic carboxylic acids is 1. The van der Waals surface area contributed by atoms with Crippen LogP contribution in [0.2, 0.25) is 0 Å². The molecule has 0 radical (unpaired) electrons. The Labute approximate surface area is 433 Å². The monoisotopic (exact) mass is 1040 g/mol. The Hall–Kier alpha value is -6.16. The SMILES string of the molecule is CC[C@H](C)[C@H](NC(=O)[C@H]1CCCCN1C)C(=O)N(C)[C@H](C[C@@H](OC(C)=O)c1nc(C(=O)N[C@@H](Cc2ccc(NC(=O)[C@H](CCCNC(N)=O)NC(=O)[C@@H](NC(C)=O)C(C)C)cc2)CC(C)C(=O)O)cs1)C(C)C. The number of anilines is 1. The van der Waals surface area contributed by atoms with Gasteiger partial charge >= 0.3 is 18.0 Å². The summed E-state index contributed by atoms with van der Waals surface area (Å²) in [6.07, 6.45) is 3.19. The van der Waals surface area contributed by atoms with Gasteiger partial charge in [0.1, 0.15) is 28.8 Å². The van der Waals surface area contributed by atoms with Gasteiger partial charge < -0.3 is 52.4 Å². The van der Waals surface area contributed by atoms with Crippen LogP contribution in [0.1, 0.15) is 141 Å². The van der Waals surface area contributed by atoms with Crippen molar-refractivity contribution in [3.63, 3.8) is 0 Å². The number of amides is 8. The van der Waals surface area contributed by atoms with E-state index in [1.807, 2.05) is 39.6 Å². The lowest BCUT2D eigenvalue weighted by atomic mass is 9.92. The van der Waals surface area contributed by atoms with Crippen LogP contribution < -0.4 is 37.6 Å². The first kappa shape index (κ1) is 61.1. The molecule has 2 aromatic rings. The highest BCUT2D eigenvalue weighted by molar-refractivity contribution is 7.09. The van der Waals surface area contributed by atoms with E-state index in [1.165, 1.54) is 26.2 Å². The van der Waals surface area contributed by atoms with E-state index in [9.17, 15) is 48.3 Å². The van der Waals surface area contributed by atoms with Crippen molar-refractivity contribution in [3.8, 4) is 0 Å². The third-order valence-electron chi connectivity index (χ3n) is 13.3. The number of likely N-dealkylation sites (tertiary alicyclic amines) is 1. The highest BCUT2D eigenvalue weighted by Gasteiger charge is 2.38. The predicted octanol–water partition coefficient (Wildman–Crippen LogP) is 4.12. The van der Waals surface area contributed by atoms with Crippen LogP contribution in [0.25, 0.3) is 0 Å². The number of carboxylic acid groups (broad SMARTS) is 1. The van der Waals surface area contributed by atoms with Crippen molar-refractivity contribution in [2.75, 3.05) is 32.5 Å². The van der Waals surface area contributed by atoms with Gasteiger partial charge in [0.25, 0.3) is 5.91 Å². The number of likely N-dealkylation sites (N-methyl/N-ethyl adjacent to an activating group) is 2. The van der Waals surface area contributed by atoms with Crippen LogP contribution in [-0.4, -0.2) is 137 Å². The molecule has 1 saturated heterocycles. The van der Waals surface area contributed by atoms with Gasteiger partial charge in [-0.05, 0) is 87.6 Å². The molecule has 0 bridgehead atoms. The molecule has 1 fully saturated rings. The number of piperidine rings is 1. The molecule has 1 unspecified atom stereocenters. The molecule has 73 heavy (non-hydrogen) atoms. The van der Waals surface area contributed by atoms with Crippen LogP contribution in [0.5, 0.6) is 0 Å². The molecule has 1 aromatic carbocycles. The minimum absolute atomic E-state index is 0.0183. The lowest BCUT2D eigenvalue weighted by molar-refractivity contribution is -0.149. The van der Waals surface area contributed by atoms with E-state index in [-0.39, 0.29) is 73.5 Å². The maximum absolute atomic E-state index is 14.3. The predicted molar refractivity (Wildman–Crippen MR) is 277 cm³/mol. The van der Waals surface area contributed by atoms with Crippen LogP contribution in [0.4, 0.5) is 10.5 Å². The highest BCUT2D eigenvalue weighted by atomic mass is 32.1. The summed E-state index contributed by atoms with van der Waals surface area (Å²) in [6, 6.07) is 1.72. The third kappa shape index (κ3) is 19.7. The standard InChI is InChI=1S/C51H80N10O11S/c1-12-30(6)43(59-46(66)39-17-13-14-23-60(39)10)49(68)61(11)40(28(2)3)26-41(72-33(9)63)48-58-38(27-73-48)45(65)56-36(24-31(7)50(69)70)25-34-18-20-35(21-19-34)55-44(64)37(16-15-22-53-51(52)71)57-47(67)42(29(4)5)54-32(8)62/h18-21,27-31,36-37,39-43H,12-17,22-26H2,1-11H3,(H,54,62)(H,55,64)(H,56,65)(H,57,67)(H,59,66)(H,69,70)(H3,52,53,71)/t30-,31?,36+,37-,39+,40+,41+,42-,43-/m0/s1. The summed E-state index contributed by atoms with van der Waals surface area (Å²) in [6.45, 7) is 16.4.